The van der Waals surface area contributed by atoms with E-state index in [4.69, 9.17) is 4.74 Å². The number of rotatable bonds is 10. The van der Waals surface area contributed by atoms with E-state index in [0.717, 1.165) is 18.2 Å². The molecule has 2 rings (SSSR count). The van der Waals surface area contributed by atoms with E-state index >= 15 is 0 Å². The second kappa shape index (κ2) is 10.6. The number of aliphatic carboxylic acids is 1. The molecule has 0 aromatic heterocycles. The number of carboxylic acid groups (broad SMARTS) is 1. The number of benzene rings is 2. The van der Waals surface area contributed by atoms with Gasteiger partial charge in [-0.2, -0.15) is 0 Å². The van der Waals surface area contributed by atoms with E-state index in [0.29, 0.717) is 0 Å². The molecule has 12 heteroatoms. The van der Waals surface area contributed by atoms with Crippen LogP contribution >= 0.6 is 0 Å². The highest BCUT2D eigenvalue weighted by atomic mass is 16.6. The summed E-state index contributed by atoms with van der Waals surface area (Å²) in [6, 6.07) is 7.95. The number of ether oxygens (including phenoxy) is 1. The summed E-state index contributed by atoms with van der Waals surface area (Å²) in [5.74, 6) is -4.24. The summed E-state index contributed by atoms with van der Waals surface area (Å²) >= 11 is 0. The van der Waals surface area contributed by atoms with E-state index in [1.807, 2.05) is 0 Å². The molecule has 32 heavy (non-hydrogen) atoms. The molecule has 0 aliphatic heterocycles. The first-order chi connectivity index (χ1) is 15.1. The molecule has 0 saturated carbocycles. The fraction of sp³-hybridized carbons (Fsp3) is 0.250. The third kappa shape index (κ3) is 6.08. The fourth-order valence-corrected chi connectivity index (χ4v) is 2.99. The summed E-state index contributed by atoms with van der Waals surface area (Å²) in [5, 5.41) is 33.9. The first-order valence-corrected chi connectivity index (χ1v) is 9.32. The maximum Gasteiger partial charge on any atom is 0.326 e. The van der Waals surface area contributed by atoms with E-state index in [1.165, 1.54) is 30.3 Å². The molecular weight excluding hydrogens is 426 g/mol. The Bertz CT molecular complexity index is 1040. The van der Waals surface area contributed by atoms with Gasteiger partial charge in [0.2, 0.25) is 0 Å². The Hall–Kier alpha value is -4.35. The maximum absolute atomic E-state index is 12.6. The van der Waals surface area contributed by atoms with Crippen molar-refractivity contribution in [1.29, 1.82) is 0 Å². The van der Waals surface area contributed by atoms with Gasteiger partial charge in [0.25, 0.3) is 17.3 Å². The zero-order valence-electron chi connectivity index (χ0n) is 16.8. The highest BCUT2D eigenvalue weighted by Gasteiger charge is 2.34. The van der Waals surface area contributed by atoms with Gasteiger partial charge in [-0.05, 0) is 18.6 Å². The van der Waals surface area contributed by atoms with Gasteiger partial charge in [0.15, 0.2) is 0 Å². The fourth-order valence-electron chi connectivity index (χ4n) is 2.99. The van der Waals surface area contributed by atoms with E-state index in [9.17, 15) is 39.7 Å². The Morgan fingerprint density at radius 3 is 2.19 bits per heavy atom. The molecule has 2 N–H and O–H groups in total. The molecule has 0 aliphatic carbocycles. The Kier molecular flexibility index (Phi) is 7.93. The largest absolute Gasteiger partial charge is 0.480 e. The van der Waals surface area contributed by atoms with Crippen LogP contribution in [0, 0.1) is 20.2 Å². The number of carbonyl (C=O) groups excluding carboxylic acids is 2. The molecule has 12 nitrogen and oxygen atoms in total. The number of nitrogens with zero attached hydrogens (tertiary/aromatic N) is 2. The average molecular weight is 445 g/mol. The molecule has 2 aromatic carbocycles. The molecule has 0 unspecified atom stereocenters. The van der Waals surface area contributed by atoms with Gasteiger partial charge in [-0.25, -0.2) is 4.79 Å². The van der Waals surface area contributed by atoms with E-state index in [-0.39, 0.29) is 29.1 Å². The molecule has 0 fully saturated rings. The van der Waals surface area contributed by atoms with Crippen molar-refractivity contribution in [3.63, 3.8) is 0 Å². The van der Waals surface area contributed by atoms with Crippen molar-refractivity contribution in [3.05, 3.63) is 79.9 Å². The van der Waals surface area contributed by atoms with Gasteiger partial charge in [-0.3, -0.25) is 29.8 Å². The lowest BCUT2D eigenvalue weighted by Gasteiger charge is -2.24. The zero-order chi connectivity index (χ0) is 23.8. The standard InChI is InChI=1S/C20H19N3O9/c1-2-32-17(24)11-16(12-6-8-14(9-7-12)22(28)29)18(20(26)27)21-19(25)13-4-3-5-15(10-13)23(30)31/h3-10,16,18H,2,11H2,1H3,(H,21,25)(H,26,27)/t16-,18+/m1/s1. The molecule has 2 aromatic rings. The van der Waals surface area contributed by atoms with Crippen molar-refractivity contribution < 1.29 is 34.1 Å². The van der Waals surface area contributed by atoms with Crippen molar-refractivity contribution in [2.45, 2.75) is 25.3 Å². The normalized spacial score (nSPS) is 12.3. The quantitative estimate of drug-likeness (QED) is 0.315. The van der Waals surface area contributed by atoms with Gasteiger partial charge in [0.05, 0.1) is 22.9 Å². The molecule has 0 saturated heterocycles. The minimum atomic E-state index is -1.63. The number of nitrogens with one attached hydrogen (secondary N) is 1. The summed E-state index contributed by atoms with van der Waals surface area (Å²) in [7, 11) is 0. The van der Waals surface area contributed by atoms with Crippen LogP contribution < -0.4 is 5.32 Å². The Balaban J connectivity index is 2.39. The van der Waals surface area contributed by atoms with Gasteiger partial charge in [0.1, 0.15) is 6.04 Å². The number of carbonyl (C=O) groups is 3. The van der Waals surface area contributed by atoms with Crippen LogP contribution in [-0.2, 0) is 14.3 Å². The summed E-state index contributed by atoms with van der Waals surface area (Å²) < 4.78 is 4.89. The number of amides is 1. The number of nitro groups is 2. The molecule has 168 valence electrons. The van der Waals surface area contributed by atoms with Gasteiger partial charge in [-0.15, -0.1) is 0 Å². The zero-order valence-corrected chi connectivity index (χ0v) is 16.8. The van der Waals surface area contributed by atoms with Crippen LogP contribution in [0.15, 0.2) is 48.5 Å². The van der Waals surface area contributed by atoms with Crippen LogP contribution in [-0.4, -0.2) is 45.4 Å². The first-order valence-electron chi connectivity index (χ1n) is 9.32. The highest BCUT2D eigenvalue weighted by molar-refractivity contribution is 5.97. The van der Waals surface area contributed by atoms with Crippen molar-refractivity contribution in [1.82, 2.24) is 5.32 Å². The number of hydrogen-bond donors (Lipinski definition) is 2. The lowest BCUT2D eigenvalue weighted by Crippen LogP contribution is -2.45. The third-order valence-electron chi connectivity index (χ3n) is 4.50. The smallest absolute Gasteiger partial charge is 0.326 e. The summed E-state index contributed by atoms with van der Waals surface area (Å²) in [5.41, 5.74) is -0.501. The molecule has 2 atom stereocenters. The predicted molar refractivity (Wildman–Crippen MR) is 109 cm³/mol. The Labute approximate surface area is 181 Å². The monoisotopic (exact) mass is 445 g/mol. The van der Waals surface area contributed by atoms with Crippen LogP contribution in [0.1, 0.15) is 35.2 Å². The molecule has 1 amide bonds. The van der Waals surface area contributed by atoms with Crippen LogP contribution in [0.2, 0.25) is 0 Å². The van der Waals surface area contributed by atoms with E-state index in [1.54, 1.807) is 6.92 Å². The molecule has 0 bridgehead atoms. The Morgan fingerprint density at radius 1 is 1.03 bits per heavy atom. The van der Waals surface area contributed by atoms with Gasteiger partial charge in [0, 0.05) is 35.7 Å². The number of non-ortho nitro benzene ring substituents is 2. The van der Waals surface area contributed by atoms with Gasteiger partial charge in [-0.1, -0.05) is 18.2 Å². The van der Waals surface area contributed by atoms with Crippen molar-refractivity contribution in [3.8, 4) is 0 Å². The van der Waals surface area contributed by atoms with Crippen LogP contribution in [0.3, 0.4) is 0 Å². The molecule has 0 aliphatic rings. The van der Waals surface area contributed by atoms with E-state index < -0.39 is 46.1 Å². The maximum atomic E-state index is 12.6. The molecule has 0 radical (unpaired) electrons. The molecular formula is C20H19N3O9. The summed E-state index contributed by atoms with van der Waals surface area (Å²) in [6.07, 6.45) is -0.433. The second-order valence-corrected chi connectivity index (χ2v) is 6.56. The van der Waals surface area contributed by atoms with Gasteiger partial charge < -0.3 is 15.2 Å². The number of carboxylic acids is 1. The summed E-state index contributed by atoms with van der Waals surface area (Å²) in [4.78, 5) is 57.2. The third-order valence-corrected chi connectivity index (χ3v) is 4.50. The number of nitro benzene ring substituents is 2. The van der Waals surface area contributed by atoms with Gasteiger partial charge >= 0.3 is 11.9 Å². The second-order valence-electron chi connectivity index (χ2n) is 6.56. The van der Waals surface area contributed by atoms with Crippen LogP contribution in [0.25, 0.3) is 0 Å². The SMILES string of the molecule is CCOC(=O)C[C@H](c1ccc([N+](=O)[O-])cc1)[C@H](NC(=O)c1cccc([N+](=O)[O-])c1)C(=O)O. The minimum Gasteiger partial charge on any atom is -0.480 e. The molecule has 0 spiro atoms. The lowest BCUT2D eigenvalue weighted by molar-refractivity contribution is -0.385. The van der Waals surface area contributed by atoms with Crippen molar-refractivity contribution >= 4 is 29.2 Å². The van der Waals surface area contributed by atoms with Crippen LogP contribution in [0.4, 0.5) is 11.4 Å². The lowest BCUT2D eigenvalue weighted by atomic mass is 9.88. The highest BCUT2D eigenvalue weighted by Crippen LogP contribution is 2.27. The summed E-state index contributed by atoms with van der Waals surface area (Å²) in [6.45, 7) is 1.61. The first kappa shape index (κ1) is 23.9. The number of hydrogen-bond acceptors (Lipinski definition) is 8. The van der Waals surface area contributed by atoms with Crippen LogP contribution in [0.5, 0.6) is 0 Å². The average Bonchev–Trinajstić information content (AvgIpc) is 2.76. The van der Waals surface area contributed by atoms with Crippen molar-refractivity contribution in [2.75, 3.05) is 6.61 Å². The topological polar surface area (TPSA) is 179 Å². The Morgan fingerprint density at radius 2 is 1.66 bits per heavy atom. The van der Waals surface area contributed by atoms with Crippen molar-refractivity contribution in [2.24, 2.45) is 0 Å². The number of esters is 1. The minimum absolute atomic E-state index is 0.0452. The van der Waals surface area contributed by atoms with E-state index in [2.05, 4.69) is 5.32 Å². The molecule has 0 heterocycles. The predicted octanol–water partition coefficient (Wildman–Crippen LogP) is 2.42.